The molecule has 0 bridgehead atoms. The number of benzene rings is 1. The second-order valence-corrected chi connectivity index (χ2v) is 4.55. The molecule has 1 aromatic rings. The number of hydrogen-bond donors (Lipinski definition) is 1. The first-order chi connectivity index (χ1) is 7.63. The first kappa shape index (κ1) is 13.3. The summed E-state index contributed by atoms with van der Waals surface area (Å²) in [4.78, 5) is 11.6. The Kier molecular flexibility index (Phi) is 5.63. The number of carbonyl (C=O) groups excluding carboxylic acids is 1. The van der Waals surface area contributed by atoms with Gasteiger partial charge in [0.2, 0.25) is 0 Å². The zero-order chi connectivity index (χ0) is 12.0. The lowest BCUT2D eigenvalue weighted by Gasteiger charge is -2.04. The van der Waals surface area contributed by atoms with Gasteiger partial charge in [0.05, 0.1) is 0 Å². The van der Waals surface area contributed by atoms with E-state index in [0.29, 0.717) is 18.5 Å². The second kappa shape index (κ2) is 6.76. The SMILES string of the molecule is NCCCCC(=O)Cc1cc(F)ccc1Br. The fourth-order valence-electron chi connectivity index (χ4n) is 1.45. The van der Waals surface area contributed by atoms with Gasteiger partial charge in [-0.15, -0.1) is 0 Å². The maximum Gasteiger partial charge on any atom is 0.137 e. The summed E-state index contributed by atoms with van der Waals surface area (Å²) in [6.07, 6.45) is 2.46. The smallest absolute Gasteiger partial charge is 0.137 e. The number of carbonyl (C=O) groups is 1. The topological polar surface area (TPSA) is 43.1 Å². The van der Waals surface area contributed by atoms with Gasteiger partial charge >= 0.3 is 0 Å². The third-order valence-electron chi connectivity index (χ3n) is 2.31. The predicted octanol–water partition coefficient (Wildman–Crippen LogP) is 2.83. The number of halogens is 2. The highest BCUT2D eigenvalue weighted by molar-refractivity contribution is 9.10. The van der Waals surface area contributed by atoms with Crippen molar-refractivity contribution >= 4 is 21.7 Å². The Morgan fingerprint density at radius 2 is 2.12 bits per heavy atom. The van der Waals surface area contributed by atoms with Crippen molar-refractivity contribution in [3.05, 3.63) is 34.1 Å². The van der Waals surface area contributed by atoms with Gasteiger partial charge in [-0.2, -0.15) is 0 Å². The summed E-state index contributed by atoms with van der Waals surface area (Å²) in [6.45, 7) is 0.608. The van der Waals surface area contributed by atoms with Gasteiger partial charge < -0.3 is 5.73 Å². The van der Waals surface area contributed by atoms with E-state index in [1.54, 1.807) is 6.07 Å². The number of hydrogen-bond acceptors (Lipinski definition) is 2. The van der Waals surface area contributed by atoms with Crippen molar-refractivity contribution in [2.75, 3.05) is 6.54 Å². The molecule has 1 rings (SSSR count). The van der Waals surface area contributed by atoms with Crippen LogP contribution in [0.4, 0.5) is 4.39 Å². The van der Waals surface area contributed by atoms with Gasteiger partial charge in [0.15, 0.2) is 0 Å². The molecule has 4 heteroatoms. The van der Waals surface area contributed by atoms with E-state index in [1.165, 1.54) is 12.1 Å². The van der Waals surface area contributed by atoms with Crippen LogP contribution in [0, 0.1) is 5.82 Å². The highest BCUT2D eigenvalue weighted by atomic mass is 79.9. The monoisotopic (exact) mass is 287 g/mol. The molecule has 0 amide bonds. The zero-order valence-corrected chi connectivity index (χ0v) is 10.6. The summed E-state index contributed by atoms with van der Waals surface area (Å²) >= 11 is 3.30. The highest BCUT2D eigenvalue weighted by Gasteiger charge is 2.07. The number of ketones is 1. The second-order valence-electron chi connectivity index (χ2n) is 3.70. The van der Waals surface area contributed by atoms with Gasteiger partial charge in [0.1, 0.15) is 11.6 Å². The molecule has 0 aliphatic heterocycles. The Balaban J connectivity index is 2.52. The lowest BCUT2D eigenvalue weighted by atomic mass is 10.0. The molecule has 2 N–H and O–H groups in total. The summed E-state index contributed by atoms with van der Waals surface area (Å²) < 4.78 is 13.7. The minimum atomic E-state index is -0.312. The molecule has 0 heterocycles. The zero-order valence-electron chi connectivity index (χ0n) is 9.01. The average Bonchev–Trinajstić information content (AvgIpc) is 2.24. The molecule has 0 spiro atoms. The molecular formula is C12H15BrFNO. The Morgan fingerprint density at radius 3 is 2.81 bits per heavy atom. The molecule has 88 valence electrons. The summed E-state index contributed by atoms with van der Waals surface area (Å²) in [5.41, 5.74) is 6.05. The average molecular weight is 288 g/mol. The van der Waals surface area contributed by atoms with E-state index in [2.05, 4.69) is 15.9 Å². The Morgan fingerprint density at radius 1 is 1.38 bits per heavy atom. The van der Waals surface area contributed by atoms with E-state index >= 15 is 0 Å². The maximum absolute atomic E-state index is 13.0. The lowest BCUT2D eigenvalue weighted by molar-refractivity contribution is -0.118. The van der Waals surface area contributed by atoms with E-state index in [0.717, 1.165) is 17.3 Å². The maximum atomic E-state index is 13.0. The molecule has 0 aliphatic carbocycles. The van der Waals surface area contributed by atoms with E-state index in [9.17, 15) is 9.18 Å². The third-order valence-corrected chi connectivity index (χ3v) is 3.08. The van der Waals surface area contributed by atoms with Crippen molar-refractivity contribution in [1.29, 1.82) is 0 Å². The predicted molar refractivity (Wildman–Crippen MR) is 65.7 cm³/mol. The van der Waals surface area contributed by atoms with Crippen LogP contribution in [0.15, 0.2) is 22.7 Å². The molecule has 0 saturated heterocycles. The van der Waals surface area contributed by atoms with Crippen LogP contribution < -0.4 is 5.73 Å². The number of unbranched alkanes of at least 4 members (excludes halogenated alkanes) is 1. The van der Waals surface area contributed by atoms with Crippen molar-refractivity contribution < 1.29 is 9.18 Å². The van der Waals surface area contributed by atoms with Crippen molar-refractivity contribution in [1.82, 2.24) is 0 Å². The van der Waals surface area contributed by atoms with E-state index < -0.39 is 0 Å². The fourth-order valence-corrected chi connectivity index (χ4v) is 1.83. The molecule has 0 saturated carbocycles. The van der Waals surface area contributed by atoms with Crippen LogP contribution in [0.25, 0.3) is 0 Å². The van der Waals surface area contributed by atoms with Crippen LogP contribution in [0.5, 0.6) is 0 Å². The fraction of sp³-hybridized carbons (Fsp3) is 0.417. The largest absolute Gasteiger partial charge is 0.330 e. The van der Waals surface area contributed by atoms with Gasteiger partial charge in [-0.1, -0.05) is 15.9 Å². The van der Waals surface area contributed by atoms with Crippen molar-refractivity contribution in [2.45, 2.75) is 25.7 Å². The van der Waals surface area contributed by atoms with Gasteiger partial charge in [-0.05, 0) is 43.1 Å². The quantitative estimate of drug-likeness (QED) is 0.818. The van der Waals surface area contributed by atoms with E-state index in [-0.39, 0.29) is 18.0 Å². The molecule has 0 atom stereocenters. The van der Waals surface area contributed by atoms with Gasteiger partial charge in [-0.3, -0.25) is 4.79 Å². The Hall–Kier alpha value is -0.740. The molecule has 0 aromatic heterocycles. The summed E-state index contributed by atoms with van der Waals surface area (Å²) in [5, 5.41) is 0. The number of rotatable bonds is 6. The van der Waals surface area contributed by atoms with Gasteiger partial charge in [0, 0.05) is 17.3 Å². The number of nitrogens with two attached hydrogens (primary N) is 1. The standard InChI is InChI=1S/C12H15BrFNO/c13-12-5-4-10(14)7-9(12)8-11(16)3-1-2-6-15/h4-5,7H,1-3,6,8,15H2. The van der Waals surface area contributed by atoms with E-state index in [4.69, 9.17) is 5.73 Å². The molecule has 1 aromatic carbocycles. The van der Waals surface area contributed by atoms with Crippen LogP contribution in [-0.4, -0.2) is 12.3 Å². The minimum Gasteiger partial charge on any atom is -0.330 e. The summed E-state index contributed by atoms with van der Waals surface area (Å²) in [5.74, 6) is -0.187. The van der Waals surface area contributed by atoms with Crippen molar-refractivity contribution in [2.24, 2.45) is 5.73 Å². The highest BCUT2D eigenvalue weighted by Crippen LogP contribution is 2.19. The Bertz CT molecular complexity index is 368. The summed E-state index contributed by atoms with van der Waals surface area (Å²) in [6, 6.07) is 4.38. The number of Topliss-reactive ketones (excluding diaryl/α,β-unsaturated/α-hetero) is 1. The van der Waals surface area contributed by atoms with Gasteiger partial charge in [-0.25, -0.2) is 4.39 Å². The van der Waals surface area contributed by atoms with Crippen LogP contribution in [-0.2, 0) is 11.2 Å². The normalized spacial score (nSPS) is 10.4. The lowest BCUT2D eigenvalue weighted by Crippen LogP contribution is -2.05. The van der Waals surface area contributed by atoms with Crippen LogP contribution in [0.2, 0.25) is 0 Å². The van der Waals surface area contributed by atoms with Crippen LogP contribution >= 0.6 is 15.9 Å². The third kappa shape index (κ3) is 4.41. The minimum absolute atomic E-state index is 0.125. The molecule has 0 unspecified atom stereocenters. The molecule has 16 heavy (non-hydrogen) atoms. The first-order valence-electron chi connectivity index (χ1n) is 5.29. The molecular weight excluding hydrogens is 273 g/mol. The molecule has 0 radical (unpaired) electrons. The van der Waals surface area contributed by atoms with Crippen LogP contribution in [0.3, 0.4) is 0 Å². The van der Waals surface area contributed by atoms with Crippen molar-refractivity contribution in [3.63, 3.8) is 0 Å². The molecule has 0 aliphatic rings. The van der Waals surface area contributed by atoms with E-state index in [1.807, 2.05) is 0 Å². The molecule has 2 nitrogen and oxygen atoms in total. The first-order valence-corrected chi connectivity index (χ1v) is 6.08. The Labute approximate surface area is 103 Å². The van der Waals surface area contributed by atoms with Crippen LogP contribution in [0.1, 0.15) is 24.8 Å². The van der Waals surface area contributed by atoms with Crippen molar-refractivity contribution in [3.8, 4) is 0 Å². The van der Waals surface area contributed by atoms with Gasteiger partial charge in [0.25, 0.3) is 0 Å². The molecule has 0 fully saturated rings. The summed E-state index contributed by atoms with van der Waals surface area (Å²) in [7, 11) is 0.